The second kappa shape index (κ2) is 4.13. The minimum atomic E-state index is -0.772. The zero-order valence-electron chi connectivity index (χ0n) is 9.38. The van der Waals surface area contributed by atoms with Crippen molar-refractivity contribution in [1.82, 2.24) is 0 Å². The summed E-state index contributed by atoms with van der Waals surface area (Å²) >= 11 is 0. The number of furan rings is 1. The van der Waals surface area contributed by atoms with Crippen LogP contribution in [0.2, 0.25) is 0 Å². The molecule has 0 atom stereocenters. The molecule has 1 aromatic heterocycles. The normalized spacial score (nSPS) is 10.6. The van der Waals surface area contributed by atoms with Crippen molar-refractivity contribution in [3.63, 3.8) is 0 Å². The minimum Gasteiger partial charge on any atom is -0.466 e. The number of halogens is 2. The fourth-order valence-electron chi connectivity index (χ4n) is 1.70. The van der Waals surface area contributed by atoms with Crippen molar-refractivity contribution in [2.75, 3.05) is 0 Å². The average molecular weight is 236 g/mol. The smallest absolute Gasteiger partial charge is 0.196 e. The van der Waals surface area contributed by atoms with E-state index < -0.39 is 17.4 Å². The lowest BCUT2D eigenvalue weighted by atomic mass is 10.0. The van der Waals surface area contributed by atoms with Crippen molar-refractivity contribution in [3.8, 4) is 0 Å². The number of hydrogen-bond acceptors (Lipinski definition) is 2. The number of benzene rings is 1. The molecule has 4 heteroatoms. The van der Waals surface area contributed by atoms with E-state index in [0.717, 1.165) is 18.2 Å². The van der Waals surface area contributed by atoms with Gasteiger partial charge in [-0.25, -0.2) is 8.78 Å². The average Bonchev–Trinajstić information content (AvgIpc) is 2.55. The number of ketones is 1. The molecule has 0 fully saturated rings. The highest BCUT2D eigenvalue weighted by atomic mass is 19.1. The van der Waals surface area contributed by atoms with Crippen LogP contribution in [-0.4, -0.2) is 5.78 Å². The van der Waals surface area contributed by atoms with Crippen LogP contribution >= 0.6 is 0 Å². The van der Waals surface area contributed by atoms with Crippen LogP contribution in [0.25, 0.3) is 0 Å². The van der Waals surface area contributed by atoms with Crippen molar-refractivity contribution < 1.29 is 18.0 Å². The van der Waals surface area contributed by atoms with Crippen LogP contribution in [0, 0.1) is 25.5 Å². The molecule has 1 heterocycles. The van der Waals surface area contributed by atoms with Gasteiger partial charge in [-0.15, -0.1) is 0 Å². The van der Waals surface area contributed by atoms with Gasteiger partial charge in [-0.05, 0) is 32.0 Å². The molecule has 0 bridgehead atoms. The highest BCUT2D eigenvalue weighted by molar-refractivity contribution is 6.09. The summed E-state index contributed by atoms with van der Waals surface area (Å²) in [7, 11) is 0. The highest BCUT2D eigenvalue weighted by Crippen LogP contribution is 2.19. The first-order valence-corrected chi connectivity index (χ1v) is 5.05. The Morgan fingerprint density at radius 3 is 2.12 bits per heavy atom. The van der Waals surface area contributed by atoms with Gasteiger partial charge in [0.2, 0.25) is 0 Å². The molecule has 2 nitrogen and oxygen atoms in total. The Balaban J connectivity index is 2.47. The van der Waals surface area contributed by atoms with E-state index in [-0.39, 0.29) is 5.56 Å². The molecule has 17 heavy (non-hydrogen) atoms. The number of carbonyl (C=O) groups is 1. The van der Waals surface area contributed by atoms with Crippen LogP contribution in [0.15, 0.2) is 28.7 Å². The molecule has 0 saturated carbocycles. The van der Waals surface area contributed by atoms with E-state index in [4.69, 9.17) is 4.42 Å². The summed E-state index contributed by atoms with van der Waals surface area (Å²) in [6, 6.07) is 4.30. The standard InChI is InChI=1S/C13H10F2O2/c1-7-3-12(8(2)17-7)13(16)9-4-10(14)6-11(15)5-9/h3-6H,1-2H3. The molecule has 88 valence electrons. The van der Waals surface area contributed by atoms with Gasteiger partial charge in [0.25, 0.3) is 0 Å². The Morgan fingerprint density at radius 2 is 1.65 bits per heavy atom. The zero-order valence-corrected chi connectivity index (χ0v) is 9.38. The van der Waals surface area contributed by atoms with E-state index in [1.165, 1.54) is 0 Å². The maximum absolute atomic E-state index is 13.0. The first-order chi connectivity index (χ1) is 7.97. The summed E-state index contributed by atoms with van der Waals surface area (Å²) in [5, 5.41) is 0. The molecule has 0 saturated heterocycles. The molecule has 1 aromatic carbocycles. The fraction of sp³-hybridized carbons (Fsp3) is 0.154. The zero-order chi connectivity index (χ0) is 12.6. The van der Waals surface area contributed by atoms with E-state index in [1.807, 2.05) is 0 Å². The SMILES string of the molecule is Cc1cc(C(=O)c2cc(F)cc(F)c2)c(C)o1. The number of hydrogen-bond donors (Lipinski definition) is 0. The third-order valence-corrected chi connectivity index (χ3v) is 2.41. The van der Waals surface area contributed by atoms with E-state index in [2.05, 4.69) is 0 Å². The maximum atomic E-state index is 13.0. The molecule has 0 unspecified atom stereocenters. The lowest BCUT2D eigenvalue weighted by Crippen LogP contribution is -2.02. The second-order valence-corrected chi connectivity index (χ2v) is 3.81. The van der Waals surface area contributed by atoms with Gasteiger partial charge in [0.05, 0.1) is 5.56 Å². The summed E-state index contributed by atoms with van der Waals surface area (Å²) < 4.78 is 31.2. The third kappa shape index (κ3) is 2.25. The largest absolute Gasteiger partial charge is 0.466 e. The molecule has 0 radical (unpaired) electrons. The lowest BCUT2D eigenvalue weighted by Gasteiger charge is -2.00. The highest BCUT2D eigenvalue weighted by Gasteiger charge is 2.16. The van der Waals surface area contributed by atoms with E-state index in [9.17, 15) is 13.6 Å². The molecule has 2 rings (SSSR count). The molecule has 0 spiro atoms. The van der Waals surface area contributed by atoms with Crippen LogP contribution in [0.3, 0.4) is 0 Å². The molecule has 0 amide bonds. The van der Waals surface area contributed by atoms with E-state index in [0.29, 0.717) is 17.1 Å². The third-order valence-electron chi connectivity index (χ3n) is 2.41. The maximum Gasteiger partial charge on any atom is 0.196 e. The summed E-state index contributed by atoms with van der Waals surface area (Å²) in [6.07, 6.45) is 0. The Hall–Kier alpha value is -1.97. The first-order valence-electron chi connectivity index (χ1n) is 5.05. The Morgan fingerprint density at radius 1 is 1.06 bits per heavy atom. The van der Waals surface area contributed by atoms with Gasteiger partial charge in [0, 0.05) is 11.6 Å². The summed E-state index contributed by atoms with van der Waals surface area (Å²) in [5.74, 6) is -0.963. The minimum absolute atomic E-state index is 0.0219. The van der Waals surface area contributed by atoms with Gasteiger partial charge in [0.15, 0.2) is 5.78 Å². The van der Waals surface area contributed by atoms with Crippen LogP contribution in [0.1, 0.15) is 27.4 Å². The van der Waals surface area contributed by atoms with Gasteiger partial charge in [0.1, 0.15) is 23.2 Å². The number of carbonyl (C=O) groups excluding carboxylic acids is 1. The Labute approximate surface area is 96.9 Å². The Kier molecular flexibility index (Phi) is 2.79. The van der Waals surface area contributed by atoms with Crippen molar-refractivity contribution in [2.45, 2.75) is 13.8 Å². The van der Waals surface area contributed by atoms with Gasteiger partial charge in [-0.3, -0.25) is 4.79 Å². The van der Waals surface area contributed by atoms with Gasteiger partial charge >= 0.3 is 0 Å². The van der Waals surface area contributed by atoms with Crippen molar-refractivity contribution in [2.24, 2.45) is 0 Å². The van der Waals surface area contributed by atoms with E-state index >= 15 is 0 Å². The Bertz CT molecular complexity index is 565. The molecular formula is C13H10F2O2. The van der Waals surface area contributed by atoms with Gasteiger partial charge in [-0.1, -0.05) is 0 Å². The quantitative estimate of drug-likeness (QED) is 0.748. The number of rotatable bonds is 2. The fourth-order valence-corrected chi connectivity index (χ4v) is 1.70. The van der Waals surface area contributed by atoms with Crippen LogP contribution in [-0.2, 0) is 0 Å². The summed E-state index contributed by atoms with van der Waals surface area (Å²) in [4.78, 5) is 12.0. The van der Waals surface area contributed by atoms with Crippen molar-refractivity contribution in [1.29, 1.82) is 0 Å². The molecular weight excluding hydrogens is 226 g/mol. The predicted molar refractivity (Wildman–Crippen MR) is 58.0 cm³/mol. The summed E-state index contributed by atoms with van der Waals surface area (Å²) in [6.45, 7) is 3.34. The van der Waals surface area contributed by atoms with Gasteiger partial charge in [-0.2, -0.15) is 0 Å². The second-order valence-electron chi connectivity index (χ2n) is 3.81. The lowest BCUT2D eigenvalue weighted by molar-refractivity contribution is 0.103. The predicted octanol–water partition coefficient (Wildman–Crippen LogP) is 3.41. The summed E-state index contributed by atoms with van der Waals surface area (Å²) in [5.41, 5.74) is 0.305. The van der Waals surface area contributed by atoms with E-state index in [1.54, 1.807) is 19.9 Å². The van der Waals surface area contributed by atoms with Crippen molar-refractivity contribution in [3.05, 3.63) is 58.5 Å². The molecule has 2 aromatic rings. The van der Waals surface area contributed by atoms with Crippen LogP contribution in [0.5, 0.6) is 0 Å². The topological polar surface area (TPSA) is 30.2 Å². The van der Waals surface area contributed by atoms with Crippen LogP contribution in [0.4, 0.5) is 8.78 Å². The number of aryl methyl sites for hydroxylation is 2. The molecule has 0 aliphatic carbocycles. The van der Waals surface area contributed by atoms with Crippen molar-refractivity contribution >= 4 is 5.78 Å². The first kappa shape index (κ1) is 11.5. The van der Waals surface area contributed by atoms with Gasteiger partial charge < -0.3 is 4.42 Å². The van der Waals surface area contributed by atoms with Crippen LogP contribution < -0.4 is 0 Å². The monoisotopic (exact) mass is 236 g/mol. The molecule has 0 aliphatic rings. The molecule has 0 aliphatic heterocycles. The molecule has 0 N–H and O–H groups in total.